The molecule has 25 heavy (non-hydrogen) atoms. The van der Waals surface area contributed by atoms with Crippen molar-refractivity contribution in [2.24, 2.45) is 7.05 Å². The molecule has 5 nitrogen and oxygen atoms in total. The molecule has 5 aromatic rings. The Morgan fingerprint density at radius 3 is 2.32 bits per heavy atom. The monoisotopic (exact) mass is 326 g/mol. The van der Waals surface area contributed by atoms with Crippen LogP contribution in [-0.4, -0.2) is 19.7 Å². The van der Waals surface area contributed by atoms with Crippen molar-refractivity contribution in [2.45, 2.75) is 0 Å². The van der Waals surface area contributed by atoms with E-state index in [4.69, 9.17) is 4.42 Å². The van der Waals surface area contributed by atoms with Gasteiger partial charge in [0.15, 0.2) is 0 Å². The summed E-state index contributed by atoms with van der Waals surface area (Å²) in [4.78, 5) is 4.01. The highest BCUT2D eigenvalue weighted by Crippen LogP contribution is 2.32. The minimum absolute atomic E-state index is 0.496. The van der Waals surface area contributed by atoms with Crippen molar-refractivity contribution in [1.82, 2.24) is 19.7 Å². The lowest BCUT2D eigenvalue weighted by Gasteiger charge is -1.99. The van der Waals surface area contributed by atoms with Crippen LogP contribution in [0.3, 0.4) is 0 Å². The van der Waals surface area contributed by atoms with E-state index in [-0.39, 0.29) is 0 Å². The van der Waals surface area contributed by atoms with E-state index < -0.39 is 0 Å². The minimum Gasteiger partial charge on any atom is -0.416 e. The second kappa shape index (κ2) is 5.27. The van der Waals surface area contributed by atoms with Crippen LogP contribution in [0.25, 0.3) is 44.7 Å². The molecule has 5 rings (SSSR count). The Kier molecular flexibility index (Phi) is 2.94. The van der Waals surface area contributed by atoms with E-state index in [2.05, 4.69) is 63.2 Å². The summed E-state index contributed by atoms with van der Waals surface area (Å²) in [7, 11) is 2.08. The number of aromatic nitrogens is 4. The third kappa shape index (κ3) is 2.13. The zero-order valence-corrected chi connectivity index (χ0v) is 13.5. The molecular weight excluding hydrogens is 312 g/mol. The Labute approximate surface area is 143 Å². The molecule has 0 aliphatic heterocycles. The van der Waals surface area contributed by atoms with E-state index in [1.54, 1.807) is 12.4 Å². The number of rotatable bonds is 2. The number of benzene rings is 2. The minimum atomic E-state index is 0.496. The lowest BCUT2D eigenvalue weighted by atomic mass is 10.1. The first-order chi connectivity index (χ1) is 12.3. The van der Waals surface area contributed by atoms with Gasteiger partial charge in [-0.2, -0.15) is 0 Å². The molecule has 0 aliphatic carbocycles. The fourth-order valence-electron chi connectivity index (χ4n) is 3.25. The molecule has 0 radical (unpaired) electrons. The standard InChI is InChI=1S/C20H14N4O/c1-24-17-5-3-2-4-15(17)16-12-14(6-7-18(16)24)20-23-22-19(25-20)13-8-10-21-11-9-13/h2-12H,1H3. The van der Waals surface area contributed by atoms with Crippen molar-refractivity contribution in [3.63, 3.8) is 0 Å². The summed E-state index contributed by atoms with van der Waals surface area (Å²) in [5.74, 6) is 1.01. The van der Waals surface area contributed by atoms with Crippen molar-refractivity contribution in [3.8, 4) is 22.9 Å². The Hall–Kier alpha value is -3.47. The van der Waals surface area contributed by atoms with E-state index >= 15 is 0 Å². The molecular formula is C20H14N4O. The summed E-state index contributed by atoms with van der Waals surface area (Å²) in [5, 5.41) is 10.8. The van der Waals surface area contributed by atoms with Gasteiger partial charge in [-0.1, -0.05) is 18.2 Å². The van der Waals surface area contributed by atoms with Gasteiger partial charge in [0.2, 0.25) is 11.8 Å². The molecule has 0 atom stereocenters. The second-order valence-corrected chi connectivity index (χ2v) is 5.96. The summed E-state index contributed by atoms with van der Waals surface area (Å²) >= 11 is 0. The first-order valence-corrected chi connectivity index (χ1v) is 8.03. The molecule has 0 N–H and O–H groups in total. The van der Waals surface area contributed by atoms with Crippen LogP contribution in [0.1, 0.15) is 0 Å². The molecule has 0 fully saturated rings. The van der Waals surface area contributed by atoms with Crippen LogP contribution in [0.2, 0.25) is 0 Å². The molecule has 5 heteroatoms. The van der Waals surface area contributed by atoms with Gasteiger partial charge in [-0.15, -0.1) is 10.2 Å². The number of nitrogens with zero attached hydrogens (tertiary/aromatic N) is 4. The lowest BCUT2D eigenvalue weighted by molar-refractivity contribution is 0.584. The van der Waals surface area contributed by atoms with Gasteiger partial charge in [-0.3, -0.25) is 4.98 Å². The number of fused-ring (bicyclic) bond motifs is 3. The van der Waals surface area contributed by atoms with Crippen LogP contribution in [-0.2, 0) is 7.05 Å². The first-order valence-electron chi connectivity index (χ1n) is 8.03. The SMILES string of the molecule is Cn1c2ccccc2c2cc(-c3nnc(-c4ccncc4)o3)ccc21. The lowest BCUT2D eigenvalue weighted by Crippen LogP contribution is -1.86. The molecule has 0 amide bonds. The van der Waals surface area contributed by atoms with E-state index in [0.29, 0.717) is 11.8 Å². The number of para-hydroxylation sites is 1. The number of hydrogen-bond donors (Lipinski definition) is 0. The zero-order chi connectivity index (χ0) is 16.8. The Bertz CT molecular complexity index is 1200. The molecule has 0 saturated heterocycles. The van der Waals surface area contributed by atoms with Crippen molar-refractivity contribution in [1.29, 1.82) is 0 Å². The smallest absolute Gasteiger partial charge is 0.248 e. The molecule has 0 unspecified atom stereocenters. The highest BCUT2D eigenvalue weighted by atomic mass is 16.4. The molecule has 0 aliphatic rings. The Morgan fingerprint density at radius 1 is 0.760 bits per heavy atom. The highest BCUT2D eigenvalue weighted by molar-refractivity contribution is 6.09. The molecule has 120 valence electrons. The number of aryl methyl sites for hydroxylation is 1. The topological polar surface area (TPSA) is 56.7 Å². The van der Waals surface area contributed by atoms with Gasteiger partial charge in [-0.25, -0.2) is 0 Å². The van der Waals surface area contributed by atoms with Crippen LogP contribution in [0.15, 0.2) is 71.4 Å². The fraction of sp³-hybridized carbons (Fsp3) is 0.0500. The van der Waals surface area contributed by atoms with E-state index in [1.165, 1.54) is 21.8 Å². The van der Waals surface area contributed by atoms with Crippen LogP contribution < -0.4 is 0 Å². The zero-order valence-electron chi connectivity index (χ0n) is 13.5. The maximum atomic E-state index is 5.87. The largest absolute Gasteiger partial charge is 0.416 e. The molecule has 3 heterocycles. The predicted molar refractivity (Wildman–Crippen MR) is 96.9 cm³/mol. The van der Waals surface area contributed by atoms with Crippen molar-refractivity contribution < 1.29 is 4.42 Å². The third-order valence-electron chi connectivity index (χ3n) is 4.51. The molecule has 0 bridgehead atoms. The summed E-state index contributed by atoms with van der Waals surface area (Å²) in [6.07, 6.45) is 3.42. The third-order valence-corrected chi connectivity index (χ3v) is 4.51. The maximum Gasteiger partial charge on any atom is 0.248 e. The molecule has 2 aromatic carbocycles. The van der Waals surface area contributed by atoms with Gasteiger partial charge >= 0.3 is 0 Å². The second-order valence-electron chi connectivity index (χ2n) is 5.96. The van der Waals surface area contributed by atoms with Crippen molar-refractivity contribution >= 4 is 21.8 Å². The molecule has 0 spiro atoms. The van der Waals surface area contributed by atoms with Crippen LogP contribution in [0, 0.1) is 0 Å². The summed E-state index contributed by atoms with van der Waals surface area (Å²) in [5.41, 5.74) is 4.16. The first kappa shape index (κ1) is 13.9. The van der Waals surface area contributed by atoms with Gasteiger partial charge < -0.3 is 8.98 Å². The van der Waals surface area contributed by atoms with Crippen LogP contribution in [0.4, 0.5) is 0 Å². The van der Waals surface area contributed by atoms with E-state index in [0.717, 1.165) is 11.1 Å². The number of pyridine rings is 1. The fourth-order valence-corrected chi connectivity index (χ4v) is 3.25. The van der Waals surface area contributed by atoms with Gasteiger partial charge in [0, 0.05) is 52.4 Å². The van der Waals surface area contributed by atoms with Crippen molar-refractivity contribution in [3.05, 3.63) is 67.0 Å². The number of hydrogen-bond acceptors (Lipinski definition) is 4. The summed E-state index contributed by atoms with van der Waals surface area (Å²) < 4.78 is 8.07. The predicted octanol–water partition coefficient (Wildman–Crippen LogP) is 4.44. The van der Waals surface area contributed by atoms with Gasteiger partial charge in [0.25, 0.3) is 0 Å². The van der Waals surface area contributed by atoms with Crippen molar-refractivity contribution in [2.75, 3.05) is 0 Å². The average molecular weight is 326 g/mol. The molecule has 0 saturated carbocycles. The summed E-state index contributed by atoms with van der Waals surface area (Å²) in [6, 6.07) is 18.3. The Balaban J connectivity index is 1.67. The van der Waals surface area contributed by atoms with E-state index in [1.807, 2.05) is 18.2 Å². The maximum absolute atomic E-state index is 5.87. The summed E-state index contributed by atoms with van der Waals surface area (Å²) in [6.45, 7) is 0. The van der Waals surface area contributed by atoms with Gasteiger partial charge in [0.1, 0.15) is 0 Å². The van der Waals surface area contributed by atoms with Gasteiger partial charge in [-0.05, 0) is 36.4 Å². The highest BCUT2D eigenvalue weighted by Gasteiger charge is 2.13. The normalized spacial score (nSPS) is 11.4. The quantitative estimate of drug-likeness (QED) is 0.481. The average Bonchev–Trinajstić information content (AvgIpc) is 3.27. The van der Waals surface area contributed by atoms with Gasteiger partial charge in [0.05, 0.1) is 0 Å². The molecule has 3 aromatic heterocycles. The van der Waals surface area contributed by atoms with Crippen LogP contribution >= 0.6 is 0 Å². The van der Waals surface area contributed by atoms with E-state index in [9.17, 15) is 0 Å². The Morgan fingerprint density at radius 2 is 1.48 bits per heavy atom. The van der Waals surface area contributed by atoms with Crippen LogP contribution in [0.5, 0.6) is 0 Å².